The van der Waals surface area contributed by atoms with Gasteiger partial charge in [0.1, 0.15) is 5.75 Å². The van der Waals surface area contributed by atoms with Crippen molar-refractivity contribution < 1.29 is 14.6 Å². The van der Waals surface area contributed by atoms with Gasteiger partial charge in [0.05, 0.1) is 18.4 Å². The van der Waals surface area contributed by atoms with E-state index in [0.29, 0.717) is 18.0 Å². The average molecular weight is 278 g/mol. The molecule has 2 rings (SSSR count). The van der Waals surface area contributed by atoms with Crippen molar-refractivity contribution in [2.75, 3.05) is 18.5 Å². The monoisotopic (exact) mass is 278 g/mol. The van der Waals surface area contributed by atoms with Gasteiger partial charge in [-0.15, -0.1) is 0 Å². The topological polar surface area (TPSA) is 70.6 Å². The molecule has 20 heavy (non-hydrogen) atoms. The number of aliphatic hydroxyl groups excluding tert-OH is 1. The Morgan fingerprint density at radius 3 is 2.70 bits per heavy atom. The Morgan fingerprint density at radius 2 is 2.10 bits per heavy atom. The predicted octanol–water partition coefficient (Wildman–Crippen LogP) is 2.37. The van der Waals surface area contributed by atoms with Crippen molar-refractivity contribution in [2.24, 2.45) is 5.41 Å². The third kappa shape index (κ3) is 3.87. The molecule has 1 saturated carbocycles. The van der Waals surface area contributed by atoms with Gasteiger partial charge in [0.2, 0.25) is 0 Å². The van der Waals surface area contributed by atoms with Crippen LogP contribution in [0, 0.1) is 5.41 Å². The van der Waals surface area contributed by atoms with Crippen LogP contribution in [0.5, 0.6) is 5.75 Å². The van der Waals surface area contributed by atoms with E-state index in [9.17, 15) is 9.90 Å². The molecule has 1 aromatic carbocycles. The van der Waals surface area contributed by atoms with Crippen LogP contribution in [0.15, 0.2) is 24.3 Å². The lowest BCUT2D eigenvalue weighted by atomic mass is 10.1. The second-order valence-corrected chi connectivity index (χ2v) is 5.63. The molecule has 0 spiro atoms. The maximum Gasteiger partial charge on any atom is 0.319 e. The van der Waals surface area contributed by atoms with Gasteiger partial charge in [0.25, 0.3) is 0 Å². The van der Waals surface area contributed by atoms with Crippen LogP contribution >= 0.6 is 0 Å². The Labute approximate surface area is 119 Å². The fraction of sp³-hybridized carbons (Fsp3) is 0.533. The molecule has 1 aliphatic rings. The quantitative estimate of drug-likeness (QED) is 0.748. The summed E-state index contributed by atoms with van der Waals surface area (Å²) in [5.74, 6) is 0.654. The first-order valence-electron chi connectivity index (χ1n) is 6.96. The van der Waals surface area contributed by atoms with Crippen molar-refractivity contribution in [1.82, 2.24) is 5.32 Å². The van der Waals surface area contributed by atoms with E-state index < -0.39 is 0 Å². The zero-order chi connectivity index (χ0) is 14.6. The zero-order valence-electron chi connectivity index (χ0n) is 12.0. The zero-order valence-corrected chi connectivity index (χ0v) is 12.0. The van der Waals surface area contributed by atoms with Crippen molar-refractivity contribution in [3.05, 3.63) is 24.3 Å². The van der Waals surface area contributed by atoms with Gasteiger partial charge in [-0.3, -0.25) is 0 Å². The number of para-hydroxylation sites is 2. The number of carbonyl (C=O) groups excluding carboxylic acids is 1. The molecule has 1 aliphatic carbocycles. The Hall–Kier alpha value is -1.75. The second-order valence-electron chi connectivity index (χ2n) is 5.63. The SMILES string of the molecule is CC(C)Oc1ccccc1NC(=O)NCC1(CO)CC1. The molecule has 3 N–H and O–H groups in total. The van der Waals surface area contributed by atoms with Crippen molar-refractivity contribution in [3.63, 3.8) is 0 Å². The van der Waals surface area contributed by atoms with E-state index in [1.807, 2.05) is 32.0 Å². The largest absolute Gasteiger partial charge is 0.489 e. The summed E-state index contributed by atoms with van der Waals surface area (Å²) in [6.07, 6.45) is 1.98. The van der Waals surface area contributed by atoms with Gasteiger partial charge >= 0.3 is 6.03 Å². The molecule has 5 nitrogen and oxygen atoms in total. The Morgan fingerprint density at radius 1 is 1.40 bits per heavy atom. The minimum Gasteiger partial charge on any atom is -0.489 e. The smallest absolute Gasteiger partial charge is 0.319 e. The standard InChI is InChI=1S/C15H22N2O3/c1-11(2)20-13-6-4-3-5-12(13)17-14(19)16-9-15(10-18)7-8-15/h3-6,11,18H,7-10H2,1-2H3,(H2,16,17,19). The van der Waals surface area contributed by atoms with Crippen molar-refractivity contribution in [1.29, 1.82) is 0 Å². The molecular formula is C15H22N2O3. The number of carbonyl (C=O) groups is 1. The highest BCUT2D eigenvalue weighted by atomic mass is 16.5. The van der Waals surface area contributed by atoms with E-state index >= 15 is 0 Å². The molecular weight excluding hydrogens is 256 g/mol. The lowest BCUT2D eigenvalue weighted by Gasteiger charge is -2.16. The highest BCUT2D eigenvalue weighted by molar-refractivity contribution is 5.90. The van der Waals surface area contributed by atoms with Crippen LogP contribution in [0.2, 0.25) is 0 Å². The summed E-state index contributed by atoms with van der Waals surface area (Å²) < 4.78 is 5.64. The van der Waals surface area contributed by atoms with Crippen molar-refractivity contribution in [2.45, 2.75) is 32.8 Å². The number of benzene rings is 1. The maximum absolute atomic E-state index is 11.9. The summed E-state index contributed by atoms with van der Waals surface area (Å²) >= 11 is 0. The summed E-state index contributed by atoms with van der Waals surface area (Å²) in [5.41, 5.74) is 0.554. The number of hydrogen-bond donors (Lipinski definition) is 3. The van der Waals surface area contributed by atoms with Crippen LogP contribution in [0.4, 0.5) is 10.5 Å². The molecule has 0 heterocycles. The van der Waals surface area contributed by atoms with Gasteiger partial charge in [-0.1, -0.05) is 12.1 Å². The van der Waals surface area contributed by atoms with Crippen LogP contribution in [0.3, 0.4) is 0 Å². The summed E-state index contributed by atoms with van der Waals surface area (Å²) in [6.45, 7) is 4.51. The summed E-state index contributed by atoms with van der Waals surface area (Å²) in [6, 6.07) is 7.07. The summed E-state index contributed by atoms with van der Waals surface area (Å²) in [4.78, 5) is 11.9. The number of urea groups is 1. The van der Waals surface area contributed by atoms with Gasteiger partial charge in [-0.25, -0.2) is 4.79 Å². The lowest BCUT2D eigenvalue weighted by molar-refractivity contribution is 0.206. The van der Waals surface area contributed by atoms with Crippen LogP contribution in [-0.4, -0.2) is 30.4 Å². The fourth-order valence-corrected chi connectivity index (χ4v) is 1.93. The van der Waals surface area contributed by atoms with E-state index in [4.69, 9.17) is 4.74 Å². The molecule has 0 unspecified atom stereocenters. The average Bonchev–Trinajstić information content (AvgIpc) is 3.19. The van der Waals surface area contributed by atoms with Gasteiger partial charge in [-0.2, -0.15) is 0 Å². The van der Waals surface area contributed by atoms with Crippen LogP contribution < -0.4 is 15.4 Å². The first-order chi connectivity index (χ1) is 9.54. The number of rotatable bonds is 6. The molecule has 5 heteroatoms. The first-order valence-corrected chi connectivity index (χ1v) is 6.96. The van der Waals surface area contributed by atoms with E-state index in [-0.39, 0.29) is 24.2 Å². The van der Waals surface area contributed by atoms with Gasteiger partial charge in [0, 0.05) is 12.0 Å². The third-order valence-electron chi connectivity index (χ3n) is 3.41. The molecule has 2 amide bonds. The van der Waals surface area contributed by atoms with Crippen LogP contribution in [0.1, 0.15) is 26.7 Å². The van der Waals surface area contributed by atoms with Crippen molar-refractivity contribution >= 4 is 11.7 Å². The van der Waals surface area contributed by atoms with E-state index in [1.165, 1.54) is 0 Å². The molecule has 0 atom stereocenters. The molecule has 0 aliphatic heterocycles. The van der Waals surface area contributed by atoms with E-state index in [1.54, 1.807) is 6.07 Å². The number of amides is 2. The van der Waals surface area contributed by atoms with Crippen LogP contribution in [0.25, 0.3) is 0 Å². The summed E-state index contributed by atoms with van der Waals surface area (Å²) in [5, 5.41) is 14.8. The molecule has 0 aromatic heterocycles. The number of ether oxygens (including phenoxy) is 1. The third-order valence-corrected chi connectivity index (χ3v) is 3.41. The number of anilines is 1. The Kier molecular flexibility index (Phi) is 4.49. The van der Waals surface area contributed by atoms with Gasteiger partial charge in [-0.05, 0) is 38.8 Å². The highest BCUT2D eigenvalue weighted by Gasteiger charge is 2.42. The minimum absolute atomic E-state index is 0.0464. The normalized spacial score (nSPS) is 15.8. The second kappa shape index (κ2) is 6.13. The first kappa shape index (κ1) is 14.7. The van der Waals surface area contributed by atoms with E-state index in [2.05, 4.69) is 10.6 Å². The lowest BCUT2D eigenvalue weighted by Crippen LogP contribution is -2.35. The number of aliphatic hydroxyl groups is 1. The number of hydrogen-bond acceptors (Lipinski definition) is 3. The Balaban J connectivity index is 1.90. The molecule has 110 valence electrons. The highest BCUT2D eigenvalue weighted by Crippen LogP contribution is 2.44. The van der Waals surface area contributed by atoms with Crippen LogP contribution in [-0.2, 0) is 0 Å². The van der Waals surface area contributed by atoms with E-state index in [0.717, 1.165) is 12.8 Å². The van der Waals surface area contributed by atoms with Gasteiger partial charge < -0.3 is 20.5 Å². The molecule has 1 fully saturated rings. The Bertz CT molecular complexity index is 470. The maximum atomic E-state index is 11.9. The molecule has 0 radical (unpaired) electrons. The predicted molar refractivity (Wildman–Crippen MR) is 78.0 cm³/mol. The molecule has 0 saturated heterocycles. The molecule has 0 bridgehead atoms. The summed E-state index contributed by atoms with van der Waals surface area (Å²) in [7, 11) is 0. The van der Waals surface area contributed by atoms with Gasteiger partial charge in [0.15, 0.2) is 0 Å². The fourth-order valence-electron chi connectivity index (χ4n) is 1.93. The van der Waals surface area contributed by atoms with Crippen molar-refractivity contribution in [3.8, 4) is 5.75 Å². The molecule has 1 aromatic rings. The minimum atomic E-state index is -0.274. The number of nitrogens with one attached hydrogen (secondary N) is 2.